The van der Waals surface area contributed by atoms with Crippen LogP contribution in [0.5, 0.6) is 0 Å². The van der Waals surface area contributed by atoms with Crippen molar-refractivity contribution in [3.8, 4) is 0 Å². The van der Waals surface area contributed by atoms with E-state index >= 15 is 0 Å². The Kier molecular flexibility index (Phi) is 6.36. The maximum atomic E-state index is 6.06. The van der Waals surface area contributed by atoms with Crippen molar-refractivity contribution in [2.75, 3.05) is 5.32 Å². The first-order chi connectivity index (χ1) is 12.9. The van der Waals surface area contributed by atoms with Crippen molar-refractivity contribution in [2.45, 2.75) is 33.5 Å². The Morgan fingerprint density at radius 3 is 2.67 bits per heavy atom. The number of nitrogens with zero attached hydrogens (tertiary/aromatic N) is 4. The van der Waals surface area contributed by atoms with Crippen LogP contribution in [-0.2, 0) is 19.6 Å². The molecule has 0 aliphatic rings. The van der Waals surface area contributed by atoms with Gasteiger partial charge in [-0.25, -0.2) is 0 Å². The summed E-state index contributed by atoms with van der Waals surface area (Å²) in [4.78, 5) is 0. The number of rotatable bonds is 6. The Bertz CT molecular complexity index is 949. The molecule has 0 unspecified atom stereocenters. The van der Waals surface area contributed by atoms with Gasteiger partial charge < -0.3 is 10.6 Å². The molecule has 0 spiro atoms. The lowest BCUT2D eigenvalue weighted by molar-refractivity contribution is 0.653. The van der Waals surface area contributed by atoms with Gasteiger partial charge in [-0.05, 0) is 43.8 Å². The molecular weight excluding hydrogens is 403 g/mol. The zero-order valence-corrected chi connectivity index (χ0v) is 17.4. The van der Waals surface area contributed by atoms with E-state index in [4.69, 9.17) is 35.4 Å². The maximum Gasteiger partial charge on any atom is 0.172 e. The first-order valence-corrected chi connectivity index (χ1v) is 9.66. The molecule has 142 valence electrons. The SMILES string of the molecule is CCn1cc(CNC(=S)Nc2ccn(Cc3ccc(Cl)c(Cl)c3)n2)c(C)n1. The van der Waals surface area contributed by atoms with Crippen LogP contribution in [-0.4, -0.2) is 24.7 Å². The maximum absolute atomic E-state index is 6.06. The Labute approximate surface area is 173 Å². The fourth-order valence-electron chi connectivity index (χ4n) is 2.57. The summed E-state index contributed by atoms with van der Waals surface area (Å²) < 4.78 is 3.72. The van der Waals surface area contributed by atoms with Crippen LogP contribution < -0.4 is 10.6 Å². The number of hydrogen-bond donors (Lipinski definition) is 2. The number of benzene rings is 1. The molecule has 0 fully saturated rings. The van der Waals surface area contributed by atoms with Crippen LogP contribution in [0.15, 0.2) is 36.7 Å². The average Bonchev–Trinajstić information content (AvgIpc) is 3.22. The standard InChI is InChI=1S/C18H20Cl2N6S/c1-3-25-11-14(12(2)23-25)9-21-18(27)22-17-6-7-26(24-17)10-13-4-5-15(19)16(20)8-13/h4-8,11H,3,9-10H2,1-2H3,(H2,21,22,24,27). The van der Waals surface area contributed by atoms with Gasteiger partial charge in [-0.15, -0.1) is 0 Å². The molecule has 27 heavy (non-hydrogen) atoms. The van der Waals surface area contributed by atoms with Crippen LogP contribution >= 0.6 is 35.4 Å². The van der Waals surface area contributed by atoms with E-state index in [1.165, 1.54) is 0 Å². The predicted octanol–water partition coefficient (Wildman–Crippen LogP) is 4.25. The molecule has 0 radical (unpaired) electrons. The second-order valence-corrected chi connectivity index (χ2v) is 7.27. The molecule has 0 saturated carbocycles. The van der Waals surface area contributed by atoms with E-state index in [9.17, 15) is 0 Å². The highest BCUT2D eigenvalue weighted by atomic mass is 35.5. The largest absolute Gasteiger partial charge is 0.358 e. The van der Waals surface area contributed by atoms with Crippen molar-refractivity contribution in [1.82, 2.24) is 24.9 Å². The van der Waals surface area contributed by atoms with E-state index in [1.54, 1.807) is 10.7 Å². The molecule has 0 bridgehead atoms. The van der Waals surface area contributed by atoms with Crippen molar-refractivity contribution in [2.24, 2.45) is 0 Å². The molecular formula is C18H20Cl2N6S. The Morgan fingerprint density at radius 1 is 1.15 bits per heavy atom. The van der Waals surface area contributed by atoms with Crippen molar-refractivity contribution < 1.29 is 0 Å². The summed E-state index contributed by atoms with van der Waals surface area (Å²) in [5, 5.41) is 16.8. The minimum absolute atomic E-state index is 0.512. The molecule has 6 nitrogen and oxygen atoms in total. The number of halogens is 2. The normalized spacial score (nSPS) is 10.8. The first kappa shape index (κ1) is 19.7. The predicted molar refractivity (Wildman–Crippen MR) is 113 cm³/mol. The summed E-state index contributed by atoms with van der Waals surface area (Å²) in [5.74, 6) is 0.675. The van der Waals surface area contributed by atoms with E-state index in [1.807, 2.05) is 42.2 Å². The van der Waals surface area contributed by atoms with Crippen LogP contribution in [0.4, 0.5) is 5.82 Å². The summed E-state index contributed by atoms with van der Waals surface area (Å²) in [6.07, 6.45) is 3.90. The van der Waals surface area contributed by atoms with Crippen LogP contribution in [0.1, 0.15) is 23.7 Å². The van der Waals surface area contributed by atoms with Gasteiger partial charge in [0.15, 0.2) is 10.9 Å². The van der Waals surface area contributed by atoms with Crippen LogP contribution in [0, 0.1) is 6.92 Å². The first-order valence-electron chi connectivity index (χ1n) is 8.49. The Balaban J connectivity index is 1.54. The second-order valence-electron chi connectivity index (χ2n) is 6.05. The van der Waals surface area contributed by atoms with Crippen molar-refractivity contribution >= 4 is 46.4 Å². The third kappa shape index (κ3) is 5.22. The number of nitrogens with one attached hydrogen (secondary N) is 2. The third-order valence-corrected chi connectivity index (χ3v) is 5.01. The van der Waals surface area contributed by atoms with Crippen LogP contribution in [0.25, 0.3) is 0 Å². The van der Waals surface area contributed by atoms with Gasteiger partial charge in [0.1, 0.15) is 0 Å². The van der Waals surface area contributed by atoms with Gasteiger partial charge in [0.25, 0.3) is 0 Å². The molecule has 3 rings (SSSR count). The number of thiocarbonyl (C=S) groups is 1. The average molecular weight is 423 g/mol. The minimum Gasteiger partial charge on any atom is -0.358 e. The van der Waals surface area contributed by atoms with Gasteiger partial charge >= 0.3 is 0 Å². The number of hydrogen-bond acceptors (Lipinski definition) is 3. The quantitative estimate of drug-likeness (QED) is 0.581. The fraction of sp³-hybridized carbons (Fsp3) is 0.278. The molecule has 0 atom stereocenters. The van der Waals surface area contributed by atoms with Crippen LogP contribution in [0.3, 0.4) is 0 Å². The monoisotopic (exact) mass is 422 g/mol. The van der Waals surface area contributed by atoms with Gasteiger partial charge in [0.05, 0.1) is 22.3 Å². The third-order valence-electron chi connectivity index (χ3n) is 4.02. The highest BCUT2D eigenvalue weighted by Crippen LogP contribution is 2.23. The topological polar surface area (TPSA) is 59.7 Å². The highest BCUT2D eigenvalue weighted by molar-refractivity contribution is 7.80. The minimum atomic E-state index is 0.512. The zero-order chi connectivity index (χ0) is 19.4. The highest BCUT2D eigenvalue weighted by Gasteiger charge is 2.07. The van der Waals surface area contributed by atoms with Gasteiger partial charge in [-0.2, -0.15) is 10.2 Å². The summed E-state index contributed by atoms with van der Waals surface area (Å²) in [5.41, 5.74) is 3.13. The number of aromatic nitrogens is 4. The Morgan fingerprint density at radius 2 is 1.96 bits per heavy atom. The van der Waals surface area contributed by atoms with Crippen LogP contribution in [0.2, 0.25) is 10.0 Å². The van der Waals surface area contributed by atoms with E-state index in [2.05, 4.69) is 27.8 Å². The van der Waals surface area contributed by atoms with Crippen molar-refractivity contribution in [3.05, 3.63) is 63.5 Å². The smallest absolute Gasteiger partial charge is 0.172 e. The Hall–Kier alpha value is -2.09. The molecule has 2 N–H and O–H groups in total. The molecule has 1 aromatic carbocycles. The van der Waals surface area contributed by atoms with Crippen molar-refractivity contribution in [1.29, 1.82) is 0 Å². The second kappa shape index (κ2) is 8.73. The van der Waals surface area contributed by atoms with E-state index in [0.29, 0.717) is 34.1 Å². The number of anilines is 1. The molecule has 3 aromatic rings. The number of aryl methyl sites for hydroxylation is 2. The van der Waals surface area contributed by atoms with E-state index < -0.39 is 0 Å². The van der Waals surface area contributed by atoms with Gasteiger partial charge in [0, 0.05) is 37.1 Å². The lowest BCUT2D eigenvalue weighted by atomic mass is 10.2. The van der Waals surface area contributed by atoms with E-state index in [0.717, 1.165) is 23.4 Å². The molecule has 2 aromatic heterocycles. The molecule has 0 saturated heterocycles. The van der Waals surface area contributed by atoms with E-state index in [-0.39, 0.29) is 0 Å². The summed E-state index contributed by atoms with van der Waals surface area (Å²) >= 11 is 17.4. The lowest BCUT2D eigenvalue weighted by Gasteiger charge is -2.08. The van der Waals surface area contributed by atoms with Gasteiger partial charge in [-0.3, -0.25) is 9.36 Å². The molecule has 0 aliphatic carbocycles. The summed E-state index contributed by atoms with van der Waals surface area (Å²) in [6, 6.07) is 7.41. The molecule has 2 heterocycles. The van der Waals surface area contributed by atoms with Gasteiger partial charge in [0.2, 0.25) is 0 Å². The lowest BCUT2D eigenvalue weighted by Crippen LogP contribution is -2.28. The molecule has 0 aliphatic heterocycles. The molecule has 0 amide bonds. The summed E-state index contributed by atoms with van der Waals surface area (Å²) in [6.45, 7) is 6.10. The zero-order valence-electron chi connectivity index (χ0n) is 15.0. The fourth-order valence-corrected chi connectivity index (χ4v) is 3.07. The molecule has 9 heteroatoms. The van der Waals surface area contributed by atoms with Gasteiger partial charge in [-0.1, -0.05) is 29.3 Å². The van der Waals surface area contributed by atoms with Crippen molar-refractivity contribution in [3.63, 3.8) is 0 Å². The summed E-state index contributed by atoms with van der Waals surface area (Å²) in [7, 11) is 0.